The van der Waals surface area contributed by atoms with Crippen LogP contribution in [0.1, 0.15) is 35.7 Å². The van der Waals surface area contributed by atoms with Crippen molar-refractivity contribution in [2.45, 2.75) is 31.8 Å². The number of aliphatic imine (C=N–C) groups is 1. The molecule has 0 saturated heterocycles. The van der Waals surface area contributed by atoms with E-state index < -0.39 is 5.91 Å². The number of nitrogens with one attached hydrogen (secondary N) is 1. The highest BCUT2D eigenvalue weighted by atomic mass is 35.5. The zero-order valence-electron chi connectivity index (χ0n) is 15.6. The first-order valence-corrected chi connectivity index (χ1v) is 9.64. The number of imidazole rings is 1. The number of carbonyl (C=O) groups is 1. The lowest BCUT2D eigenvalue weighted by Gasteiger charge is -2.04. The van der Waals surface area contributed by atoms with Crippen molar-refractivity contribution in [2.24, 2.45) is 15.9 Å². The van der Waals surface area contributed by atoms with Crippen molar-refractivity contribution in [1.29, 1.82) is 0 Å². The van der Waals surface area contributed by atoms with Gasteiger partial charge in [0.05, 0.1) is 30.7 Å². The Morgan fingerprint density at radius 3 is 2.93 bits per heavy atom. The molecule has 1 amide bonds. The molecule has 0 unspecified atom stereocenters. The number of pyridine rings is 2. The summed E-state index contributed by atoms with van der Waals surface area (Å²) < 4.78 is 2.02. The minimum atomic E-state index is -0.442. The Hall–Kier alpha value is -3.26. The number of hydrazone groups is 1. The molecule has 1 saturated carbocycles. The van der Waals surface area contributed by atoms with Gasteiger partial charge in [0.25, 0.3) is 5.91 Å². The summed E-state index contributed by atoms with van der Waals surface area (Å²) in [6.45, 7) is 0.532. The second-order valence-electron chi connectivity index (χ2n) is 6.87. The van der Waals surface area contributed by atoms with Gasteiger partial charge in [0.1, 0.15) is 5.65 Å². The van der Waals surface area contributed by atoms with Crippen LogP contribution in [0.3, 0.4) is 0 Å². The molecule has 3 aromatic heterocycles. The summed E-state index contributed by atoms with van der Waals surface area (Å²) >= 11 is 5.91. The summed E-state index contributed by atoms with van der Waals surface area (Å²) in [6.07, 6.45) is 9.51. The van der Waals surface area contributed by atoms with Crippen LogP contribution in [0.4, 0.5) is 0 Å². The van der Waals surface area contributed by atoms with Gasteiger partial charge in [-0.25, -0.2) is 4.98 Å². The fourth-order valence-corrected chi connectivity index (χ4v) is 3.16. The fourth-order valence-electron chi connectivity index (χ4n) is 2.98. The lowest BCUT2D eigenvalue weighted by molar-refractivity contribution is -0.114. The minimum Gasteiger partial charge on any atom is -0.345 e. The highest BCUT2D eigenvalue weighted by Gasteiger charge is 2.23. The maximum Gasteiger partial charge on any atom is 0.273 e. The third kappa shape index (κ3) is 4.78. The molecule has 0 radical (unpaired) electrons. The van der Waals surface area contributed by atoms with Crippen molar-refractivity contribution >= 4 is 35.1 Å². The summed E-state index contributed by atoms with van der Waals surface area (Å²) in [4.78, 5) is 25.2. The average Bonchev–Trinajstić information content (AvgIpc) is 3.49. The van der Waals surface area contributed by atoms with Crippen molar-refractivity contribution in [1.82, 2.24) is 19.7 Å². The highest BCUT2D eigenvalue weighted by molar-refractivity contribution is 6.60. The number of nitrogens with zero attached hydrogens (tertiary/aromatic N) is 5. The van der Waals surface area contributed by atoms with Gasteiger partial charge in [-0.3, -0.25) is 14.8 Å². The van der Waals surface area contributed by atoms with Crippen LogP contribution in [-0.4, -0.2) is 32.2 Å². The molecule has 0 spiro atoms. The molecule has 1 fully saturated rings. The first-order chi connectivity index (χ1) is 14.1. The van der Waals surface area contributed by atoms with Gasteiger partial charge in [-0.2, -0.15) is 5.10 Å². The van der Waals surface area contributed by atoms with E-state index in [1.807, 2.05) is 16.7 Å². The summed E-state index contributed by atoms with van der Waals surface area (Å²) in [7, 11) is 0. The Bertz CT molecular complexity index is 1100. The molecule has 3 heterocycles. The van der Waals surface area contributed by atoms with E-state index in [1.54, 1.807) is 18.3 Å². The molecule has 0 atom stereocenters. The number of aromatic nitrogens is 3. The second kappa shape index (κ2) is 8.40. The molecule has 3 aromatic rings. The second-order valence-corrected chi connectivity index (χ2v) is 7.30. The van der Waals surface area contributed by atoms with Crippen molar-refractivity contribution in [3.8, 4) is 0 Å². The summed E-state index contributed by atoms with van der Waals surface area (Å²) in [6, 6.07) is 7.49. The molecule has 1 aliphatic rings. The average molecular weight is 410 g/mol. The third-order valence-corrected chi connectivity index (χ3v) is 4.85. The van der Waals surface area contributed by atoms with Gasteiger partial charge in [0, 0.05) is 23.6 Å². The van der Waals surface area contributed by atoms with Crippen molar-refractivity contribution in [3.63, 3.8) is 0 Å². The Morgan fingerprint density at radius 1 is 1.31 bits per heavy atom. The van der Waals surface area contributed by atoms with Crippen LogP contribution >= 0.6 is 11.6 Å². The van der Waals surface area contributed by atoms with Crippen LogP contribution in [0.25, 0.3) is 5.65 Å². The molecule has 0 aromatic carbocycles. The lowest BCUT2D eigenvalue weighted by Crippen LogP contribution is -2.32. The lowest BCUT2D eigenvalue weighted by atomic mass is 10.2. The molecule has 8 nitrogen and oxygen atoms in total. The molecule has 0 bridgehead atoms. The molecule has 4 rings (SSSR count). The zero-order valence-corrected chi connectivity index (χ0v) is 16.4. The van der Waals surface area contributed by atoms with Crippen molar-refractivity contribution in [3.05, 3.63) is 64.8 Å². The SMILES string of the molecule is NN=C(C=NCc1cn2cc(C3CC3)ccc2n1)C(=O)NCc1cc(Cl)ccn1. The Balaban J connectivity index is 1.35. The zero-order chi connectivity index (χ0) is 20.2. The Labute approximate surface area is 172 Å². The van der Waals surface area contributed by atoms with Gasteiger partial charge in [-0.05, 0) is 42.5 Å². The van der Waals surface area contributed by atoms with Crippen LogP contribution < -0.4 is 11.2 Å². The number of amides is 1. The van der Waals surface area contributed by atoms with E-state index in [9.17, 15) is 4.79 Å². The number of hydrogen-bond donors (Lipinski definition) is 2. The molecule has 9 heteroatoms. The smallest absolute Gasteiger partial charge is 0.273 e. The van der Waals surface area contributed by atoms with Gasteiger partial charge in [-0.15, -0.1) is 0 Å². The number of fused-ring (bicyclic) bond motifs is 1. The van der Waals surface area contributed by atoms with Gasteiger partial charge in [-0.1, -0.05) is 17.7 Å². The van der Waals surface area contributed by atoms with Crippen LogP contribution in [0, 0.1) is 0 Å². The van der Waals surface area contributed by atoms with Crippen LogP contribution in [0.2, 0.25) is 5.02 Å². The number of nitrogens with two attached hydrogens (primary N) is 1. The van der Waals surface area contributed by atoms with Crippen LogP contribution in [-0.2, 0) is 17.9 Å². The van der Waals surface area contributed by atoms with Crippen LogP contribution in [0.5, 0.6) is 0 Å². The maximum absolute atomic E-state index is 12.2. The van der Waals surface area contributed by atoms with Crippen molar-refractivity contribution in [2.75, 3.05) is 0 Å². The summed E-state index contributed by atoms with van der Waals surface area (Å²) in [5.74, 6) is 5.58. The molecule has 148 valence electrons. The summed E-state index contributed by atoms with van der Waals surface area (Å²) in [5.41, 5.74) is 3.67. The number of rotatable bonds is 7. The molecule has 29 heavy (non-hydrogen) atoms. The van der Waals surface area contributed by atoms with Gasteiger partial charge in [0.2, 0.25) is 0 Å². The quantitative estimate of drug-likeness (QED) is 0.354. The predicted octanol–water partition coefficient (Wildman–Crippen LogP) is 2.46. The number of carbonyl (C=O) groups excluding carboxylic acids is 1. The van der Waals surface area contributed by atoms with E-state index in [1.165, 1.54) is 24.6 Å². The monoisotopic (exact) mass is 409 g/mol. The molecular weight excluding hydrogens is 390 g/mol. The maximum atomic E-state index is 12.2. The number of halogens is 1. The Morgan fingerprint density at radius 2 is 2.17 bits per heavy atom. The largest absolute Gasteiger partial charge is 0.345 e. The molecule has 3 N–H and O–H groups in total. The highest BCUT2D eigenvalue weighted by Crippen LogP contribution is 2.39. The van der Waals surface area contributed by atoms with Gasteiger partial charge in [0.15, 0.2) is 5.71 Å². The van der Waals surface area contributed by atoms with E-state index >= 15 is 0 Å². The van der Waals surface area contributed by atoms with Crippen molar-refractivity contribution < 1.29 is 4.79 Å². The van der Waals surface area contributed by atoms with E-state index in [0.717, 1.165) is 11.3 Å². The first kappa shape index (κ1) is 19.1. The summed E-state index contributed by atoms with van der Waals surface area (Å²) in [5, 5.41) is 6.75. The van der Waals surface area contributed by atoms with E-state index in [4.69, 9.17) is 17.4 Å². The molecular formula is C20H20ClN7O. The molecule has 0 aliphatic heterocycles. The van der Waals surface area contributed by atoms with Crippen LogP contribution in [0.15, 0.2) is 52.9 Å². The Kier molecular flexibility index (Phi) is 5.53. The fraction of sp³-hybridized carbons (Fsp3) is 0.250. The topological polar surface area (TPSA) is 110 Å². The van der Waals surface area contributed by atoms with Gasteiger partial charge < -0.3 is 15.6 Å². The van der Waals surface area contributed by atoms with E-state index in [-0.39, 0.29) is 12.3 Å². The predicted molar refractivity (Wildman–Crippen MR) is 112 cm³/mol. The first-order valence-electron chi connectivity index (χ1n) is 9.26. The van der Waals surface area contributed by atoms with E-state index in [2.05, 4.69) is 37.6 Å². The normalized spacial score (nSPS) is 14.6. The third-order valence-electron chi connectivity index (χ3n) is 4.62. The standard InChI is InChI=1S/C20H20ClN7O/c21-15-5-6-24-16(7-15)9-25-20(29)18(27-22)10-23-8-17-12-28-11-14(13-1-2-13)3-4-19(28)26-17/h3-7,10-13H,1-2,8-9,22H2,(H,25,29). The number of hydrogen-bond acceptors (Lipinski definition) is 6. The minimum absolute atomic E-state index is 0.0202. The molecule has 1 aliphatic carbocycles. The van der Waals surface area contributed by atoms with Gasteiger partial charge >= 0.3 is 0 Å². The van der Waals surface area contributed by atoms with E-state index in [0.29, 0.717) is 23.2 Å².